The normalized spacial score (nSPS) is 15.4. The number of nitrogens with zero attached hydrogens (tertiary/aromatic N) is 6. The number of carbonyl (C=O) groups excluding carboxylic acids is 3. The van der Waals surface area contributed by atoms with Crippen molar-refractivity contribution in [1.29, 1.82) is 0 Å². The number of aryl methyl sites for hydroxylation is 1. The first-order chi connectivity index (χ1) is 25.1. The second-order valence-corrected chi connectivity index (χ2v) is 14.2. The van der Waals surface area contributed by atoms with Crippen LogP contribution in [0.25, 0.3) is 22.3 Å². The predicted octanol–water partition coefficient (Wildman–Crippen LogP) is 7.36. The largest absolute Gasteiger partial charge is 0.347 e. The Morgan fingerprint density at radius 2 is 1.56 bits per heavy atom. The van der Waals surface area contributed by atoms with Crippen molar-refractivity contribution in [3.63, 3.8) is 0 Å². The molecule has 262 valence electrons. The number of carbonyl (C=O) groups is 3. The average Bonchev–Trinajstić information content (AvgIpc) is 3.67. The van der Waals surface area contributed by atoms with Gasteiger partial charge in [-0.2, -0.15) is 0 Å². The van der Waals surface area contributed by atoms with E-state index in [0.29, 0.717) is 42.9 Å². The number of aromatic nitrogens is 3. The Bertz CT molecular complexity index is 2390. The minimum Gasteiger partial charge on any atom is -0.347 e. The molecule has 0 saturated heterocycles. The van der Waals surface area contributed by atoms with Gasteiger partial charge in [-0.3, -0.25) is 19.3 Å². The third-order valence-corrected chi connectivity index (χ3v) is 11.0. The van der Waals surface area contributed by atoms with E-state index in [1.807, 2.05) is 107 Å². The maximum absolute atomic E-state index is 14.8. The van der Waals surface area contributed by atoms with E-state index in [4.69, 9.17) is 4.98 Å². The summed E-state index contributed by atoms with van der Waals surface area (Å²) < 4.78 is 3.98. The van der Waals surface area contributed by atoms with Crippen molar-refractivity contribution in [2.24, 2.45) is 14.1 Å². The van der Waals surface area contributed by atoms with Crippen molar-refractivity contribution in [1.82, 2.24) is 23.9 Å². The molecular weight excluding hydrogens is 649 g/mol. The van der Waals surface area contributed by atoms with Crippen molar-refractivity contribution in [3.05, 3.63) is 136 Å². The number of para-hydroxylation sites is 1. The quantitative estimate of drug-likeness (QED) is 0.189. The zero-order chi connectivity index (χ0) is 36.3. The molecule has 0 radical (unpaired) electrons. The number of fused-ring (bicyclic) bond motifs is 3. The lowest BCUT2D eigenvalue weighted by molar-refractivity contribution is -0.129. The number of anilines is 2. The highest BCUT2D eigenvalue weighted by atomic mass is 16.2. The Balaban J connectivity index is 1.24. The highest BCUT2D eigenvalue weighted by Gasteiger charge is 2.32. The van der Waals surface area contributed by atoms with Crippen LogP contribution in [0.3, 0.4) is 0 Å². The van der Waals surface area contributed by atoms with Gasteiger partial charge in [-0.05, 0) is 91.4 Å². The van der Waals surface area contributed by atoms with Gasteiger partial charge in [-0.25, -0.2) is 4.98 Å². The van der Waals surface area contributed by atoms with Gasteiger partial charge in [0, 0.05) is 86.5 Å². The molecule has 52 heavy (non-hydrogen) atoms. The first-order valence-corrected chi connectivity index (χ1v) is 17.9. The van der Waals surface area contributed by atoms with Gasteiger partial charge < -0.3 is 18.9 Å². The van der Waals surface area contributed by atoms with Gasteiger partial charge in [0.25, 0.3) is 11.8 Å². The zero-order valence-electron chi connectivity index (χ0n) is 30.3. The Hall–Kier alpha value is -5.96. The Labute approximate surface area is 303 Å². The van der Waals surface area contributed by atoms with Gasteiger partial charge in [0.15, 0.2) is 0 Å². The molecule has 0 saturated carbocycles. The highest BCUT2D eigenvalue weighted by molar-refractivity contribution is 6.13. The van der Waals surface area contributed by atoms with E-state index in [1.54, 1.807) is 18.0 Å². The van der Waals surface area contributed by atoms with Crippen molar-refractivity contribution in [2.45, 2.75) is 52.7 Å². The summed E-state index contributed by atoms with van der Waals surface area (Å²) in [7, 11) is 3.91. The lowest BCUT2D eigenvalue weighted by atomic mass is 9.89. The number of amides is 3. The summed E-state index contributed by atoms with van der Waals surface area (Å²) in [5.74, 6) is -0.221. The molecule has 5 heterocycles. The molecule has 3 amide bonds. The molecule has 2 aliphatic heterocycles. The van der Waals surface area contributed by atoms with Crippen LogP contribution in [0.2, 0.25) is 0 Å². The van der Waals surface area contributed by atoms with E-state index in [-0.39, 0.29) is 23.8 Å². The third kappa shape index (κ3) is 5.66. The van der Waals surface area contributed by atoms with E-state index in [0.717, 1.165) is 56.8 Å². The smallest absolute Gasteiger partial charge is 0.264 e. The van der Waals surface area contributed by atoms with Crippen LogP contribution in [-0.2, 0) is 44.8 Å². The fraction of sp³-hybridized carbons (Fsp3) is 0.256. The Morgan fingerprint density at radius 1 is 0.808 bits per heavy atom. The van der Waals surface area contributed by atoms with E-state index >= 15 is 0 Å². The summed E-state index contributed by atoms with van der Waals surface area (Å²) in [6, 6.07) is 28.0. The summed E-state index contributed by atoms with van der Waals surface area (Å²) in [4.78, 5) is 52.2. The SMILES string of the molecule is CC(=O)N1CCc2cc(-c3cc(C(=O)N(c4ccccc4)c4cnc5c(ccn5C)c4)c(C)n3C)c(C(=O)N3Cc4ccccc4C[C@H]3C)cc2C1. The predicted molar refractivity (Wildman–Crippen MR) is 203 cm³/mol. The maximum Gasteiger partial charge on any atom is 0.264 e. The van der Waals surface area contributed by atoms with Gasteiger partial charge in [-0.15, -0.1) is 0 Å². The van der Waals surface area contributed by atoms with Crippen LogP contribution < -0.4 is 4.90 Å². The molecule has 0 unspecified atom stereocenters. The first-order valence-electron chi connectivity index (χ1n) is 17.9. The van der Waals surface area contributed by atoms with Crippen molar-refractivity contribution in [2.75, 3.05) is 11.4 Å². The maximum atomic E-state index is 14.8. The molecule has 0 fully saturated rings. The van der Waals surface area contributed by atoms with Crippen LogP contribution in [0, 0.1) is 6.92 Å². The van der Waals surface area contributed by atoms with Gasteiger partial charge >= 0.3 is 0 Å². The van der Waals surface area contributed by atoms with Crippen LogP contribution in [0.5, 0.6) is 0 Å². The monoisotopic (exact) mass is 690 g/mol. The fourth-order valence-electron chi connectivity index (χ4n) is 7.89. The first kappa shape index (κ1) is 33.2. The molecule has 9 heteroatoms. The van der Waals surface area contributed by atoms with Crippen LogP contribution in [-0.4, -0.2) is 54.2 Å². The van der Waals surface area contributed by atoms with E-state index < -0.39 is 0 Å². The average molecular weight is 691 g/mol. The van der Waals surface area contributed by atoms with Crippen molar-refractivity contribution < 1.29 is 14.4 Å². The molecule has 6 aromatic rings. The van der Waals surface area contributed by atoms with Crippen LogP contribution in [0.4, 0.5) is 11.4 Å². The van der Waals surface area contributed by atoms with Crippen molar-refractivity contribution in [3.8, 4) is 11.3 Å². The van der Waals surface area contributed by atoms with Crippen LogP contribution >= 0.6 is 0 Å². The van der Waals surface area contributed by atoms with E-state index in [9.17, 15) is 14.4 Å². The summed E-state index contributed by atoms with van der Waals surface area (Å²) in [5, 5.41) is 0.939. The summed E-state index contributed by atoms with van der Waals surface area (Å²) in [5.41, 5.74) is 10.2. The summed E-state index contributed by atoms with van der Waals surface area (Å²) in [6.45, 7) is 7.26. The number of rotatable bonds is 5. The Kier molecular flexibility index (Phi) is 8.29. The fourth-order valence-corrected chi connectivity index (χ4v) is 7.89. The summed E-state index contributed by atoms with van der Waals surface area (Å²) >= 11 is 0. The lowest BCUT2D eigenvalue weighted by Crippen LogP contribution is -2.43. The minimum absolute atomic E-state index is 0.00211. The molecule has 9 nitrogen and oxygen atoms in total. The van der Waals surface area contributed by atoms with Gasteiger partial charge in [0.1, 0.15) is 5.65 Å². The highest BCUT2D eigenvalue weighted by Crippen LogP contribution is 2.37. The number of benzene rings is 3. The molecule has 0 aliphatic carbocycles. The van der Waals surface area contributed by atoms with Gasteiger partial charge in [0.05, 0.1) is 17.4 Å². The molecule has 0 N–H and O–H groups in total. The molecule has 3 aromatic carbocycles. The molecule has 3 aromatic heterocycles. The third-order valence-electron chi connectivity index (χ3n) is 11.0. The van der Waals surface area contributed by atoms with Crippen molar-refractivity contribution >= 4 is 40.1 Å². The zero-order valence-corrected chi connectivity index (χ0v) is 30.3. The topological polar surface area (TPSA) is 83.7 Å². The molecule has 1 atom stereocenters. The van der Waals surface area contributed by atoms with Crippen LogP contribution in [0.1, 0.15) is 62.5 Å². The standard InChI is InChI=1S/C43H42N6O3/c1-27-19-30-11-9-10-12-33(30)26-48(27)42(51)39-22-34-25-47(29(3)50)18-16-31(34)21-38(39)40-23-37(28(2)46(40)5)43(52)49(35-13-7-6-8-14-35)36-20-32-15-17-45(4)41(32)44-24-36/h6-15,17,20-24,27H,16,18-19,25-26H2,1-5H3/t27-/m1/s1. The van der Waals surface area contributed by atoms with E-state index in [1.165, 1.54) is 5.56 Å². The molecule has 8 rings (SSSR count). The molecule has 0 spiro atoms. The second kappa shape index (κ2) is 13.0. The van der Waals surface area contributed by atoms with Crippen LogP contribution in [0.15, 0.2) is 97.3 Å². The number of hydrogen-bond donors (Lipinski definition) is 0. The molecule has 0 bridgehead atoms. The summed E-state index contributed by atoms with van der Waals surface area (Å²) in [6.07, 6.45) is 5.17. The molecular formula is C43H42N6O3. The van der Waals surface area contributed by atoms with Gasteiger partial charge in [-0.1, -0.05) is 42.5 Å². The number of hydrogen-bond acceptors (Lipinski definition) is 4. The lowest BCUT2D eigenvalue weighted by Gasteiger charge is -2.36. The Morgan fingerprint density at radius 3 is 2.33 bits per heavy atom. The second-order valence-electron chi connectivity index (χ2n) is 14.2. The van der Waals surface area contributed by atoms with Gasteiger partial charge in [0.2, 0.25) is 5.91 Å². The molecule has 2 aliphatic rings. The number of pyridine rings is 1. The minimum atomic E-state index is -0.188. The van der Waals surface area contributed by atoms with E-state index in [2.05, 4.69) is 31.2 Å².